The van der Waals surface area contributed by atoms with Gasteiger partial charge in [0, 0.05) is 12.6 Å². The fraction of sp³-hybridized carbons (Fsp3) is 1.00. The molecule has 4 unspecified atom stereocenters. The highest BCUT2D eigenvalue weighted by Crippen LogP contribution is 2.60. The summed E-state index contributed by atoms with van der Waals surface area (Å²) in [4.78, 5) is 2.57. The number of piperidine rings is 1. The van der Waals surface area contributed by atoms with Crippen molar-refractivity contribution in [1.29, 1.82) is 0 Å². The minimum atomic E-state index is 1.01. The standard InChI is InChI=1S/C8H13N/c1-9-4-5-2-8(9)7-3-6(5)7/h5-8H,2-4H2,1H3. The van der Waals surface area contributed by atoms with Gasteiger partial charge in [-0.25, -0.2) is 0 Å². The average molecular weight is 123 g/mol. The van der Waals surface area contributed by atoms with Crippen molar-refractivity contribution in [2.75, 3.05) is 13.6 Å². The van der Waals surface area contributed by atoms with Gasteiger partial charge in [0.25, 0.3) is 0 Å². The number of hydrogen-bond acceptors (Lipinski definition) is 1. The van der Waals surface area contributed by atoms with E-state index in [1.807, 2.05) is 0 Å². The Morgan fingerprint density at radius 1 is 1.22 bits per heavy atom. The molecule has 0 spiro atoms. The largest absolute Gasteiger partial charge is 0.303 e. The van der Waals surface area contributed by atoms with Gasteiger partial charge in [0.2, 0.25) is 0 Å². The number of nitrogens with zero attached hydrogens (tertiary/aromatic N) is 1. The molecule has 3 fully saturated rings. The van der Waals surface area contributed by atoms with E-state index in [2.05, 4.69) is 11.9 Å². The molecule has 0 amide bonds. The summed E-state index contributed by atoms with van der Waals surface area (Å²) in [6.07, 6.45) is 3.10. The minimum Gasteiger partial charge on any atom is -0.303 e. The molecule has 2 bridgehead atoms. The molecule has 1 heteroatoms. The molecule has 1 nitrogen and oxygen atoms in total. The first kappa shape index (κ1) is 4.73. The second-order valence-electron chi connectivity index (χ2n) is 4.07. The van der Waals surface area contributed by atoms with Crippen LogP contribution in [0.4, 0.5) is 0 Å². The van der Waals surface area contributed by atoms with Crippen LogP contribution in [-0.2, 0) is 0 Å². The van der Waals surface area contributed by atoms with Crippen molar-refractivity contribution in [2.45, 2.75) is 18.9 Å². The van der Waals surface area contributed by atoms with Crippen molar-refractivity contribution in [1.82, 2.24) is 4.90 Å². The van der Waals surface area contributed by atoms with Gasteiger partial charge in [-0.05, 0) is 37.6 Å². The summed E-state index contributed by atoms with van der Waals surface area (Å²) in [6, 6.07) is 1.01. The van der Waals surface area contributed by atoms with E-state index in [4.69, 9.17) is 0 Å². The molecule has 1 heterocycles. The zero-order valence-corrected chi connectivity index (χ0v) is 5.88. The molecule has 1 saturated heterocycles. The highest BCUT2D eigenvalue weighted by molar-refractivity contribution is 5.11. The van der Waals surface area contributed by atoms with Crippen LogP contribution in [0.15, 0.2) is 0 Å². The lowest BCUT2D eigenvalue weighted by molar-refractivity contribution is 0.249. The lowest BCUT2D eigenvalue weighted by Crippen LogP contribution is -2.29. The third kappa shape index (κ3) is 0.420. The average Bonchev–Trinajstić information content (AvgIpc) is 2.46. The van der Waals surface area contributed by atoms with Crippen LogP contribution in [0.5, 0.6) is 0 Å². The zero-order chi connectivity index (χ0) is 6.01. The predicted octanol–water partition coefficient (Wildman–Crippen LogP) is 0.956. The number of likely N-dealkylation sites (tertiary alicyclic amines) is 1. The van der Waals surface area contributed by atoms with Crippen molar-refractivity contribution in [3.05, 3.63) is 0 Å². The van der Waals surface area contributed by atoms with Crippen LogP contribution >= 0.6 is 0 Å². The molecule has 4 atom stereocenters. The smallest absolute Gasteiger partial charge is 0.0127 e. The predicted molar refractivity (Wildman–Crippen MR) is 36.1 cm³/mol. The van der Waals surface area contributed by atoms with E-state index in [-0.39, 0.29) is 0 Å². The summed E-state index contributed by atoms with van der Waals surface area (Å²) < 4.78 is 0. The number of fused-ring (bicyclic) bond motifs is 5. The van der Waals surface area contributed by atoms with Gasteiger partial charge >= 0.3 is 0 Å². The molecule has 0 aromatic heterocycles. The first-order chi connectivity index (χ1) is 4.36. The van der Waals surface area contributed by atoms with Crippen LogP contribution in [-0.4, -0.2) is 24.5 Å². The fourth-order valence-electron chi connectivity index (χ4n) is 3.10. The van der Waals surface area contributed by atoms with Crippen LogP contribution in [0.25, 0.3) is 0 Å². The summed E-state index contributed by atoms with van der Waals surface area (Å²) in [5.74, 6) is 3.45. The van der Waals surface area contributed by atoms with Gasteiger partial charge in [-0.3, -0.25) is 0 Å². The summed E-state index contributed by atoms with van der Waals surface area (Å²) in [7, 11) is 2.29. The highest BCUT2D eigenvalue weighted by atomic mass is 15.2. The van der Waals surface area contributed by atoms with Crippen LogP contribution < -0.4 is 0 Å². The second kappa shape index (κ2) is 1.20. The van der Waals surface area contributed by atoms with Crippen molar-refractivity contribution in [2.24, 2.45) is 17.8 Å². The Hall–Kier alpha value is -0.0400. The van der Waals surface area contributed by atoms with E-state index >= 15 is 0 Å². The first-order valence-electron chi connectivity index (χ1n) is 4.06. The maximum atomic E-state index is 2.57. The fourth-order valence-corrected chi connectivity index (χ4v) is 3.10. The normalized spacial score (nSPS) is 62.3. The summed E-state index contributed by atoms with van der Waals surface area (Å²) >= 11 is 0. The molecule has 9 heavy (non-hydrogen) atoms. The van der Waals surface area contributed by atoms with Crippen LogP contribution in [0, 0.1) is 17.8 Å². The minimum absolute atomic E-state index is 1.01. The van der Waals surface area contributed by atoms with Crippen molar-refractivity contribution in [3.63, 3.8) is 0 Å². The Balaban J connectivity index is 1.96. The molecule has 1 aliphatic heterocycles. The molecule has 50 valence electrons. The lowest BCUT2D eigenvalue weighted by Gasteiger charge is -2.20. The quantitative estimate of drug-likeness (QED) is 0.463. The maximum Gasteiger partial charge on any atom is 0.0127 e. The topological polar surface area (TPSA) is 3.24 Å². The van der Waals surface area contributed by atoms with E-state index in [0.717, 1.165) is 17.9 Å². The number of hydrogen-bond donors (Lipinski definition) is 0. The summed E-state index contributed by atoms with van der Waals surface area (Å²) in [5, 5.41) is 0. The Morgan fingerprint density at radius 3 is 2.67 bits per heavy atom. The Labute approximate surface area is 56.0 Å². The molecule has 3 aliphatic rings. The Morgan fingerprint density at radius 2 is 2.11 bits per heavy atom. The van der Waals surface area contributed by atoms with Gasteiger partial charge in [-0.1, -0.05) is 0 Å². The molecule has 0 aromatic carbocycles. The molecule has 2 aliphatic carbocycles. The van der Waals surface area contributed by atoms with E-state index in [1.54, 1.807) is 6.42 Å². The molecule has 2 saturated carbocycles. The molecule has 0 aromatic rings. The maximum absolute atomic E-state index is 2.57. The third-order valence-corrected chi connectivity index (χ3v) is 3.62. The van der Waals surface area contributed by atoms with Crippen LogP contribution in [0.3, 0.4) is 0 Å². The number of rotatable bonds is 0. The van der Waals surface area contributed by atoms with E-state index in [0.29, 0.717) is 0 Å². The zero-order valence-electron chi connectivity index (χ0n) is 5.88. The van der Waals surface area contributed by atoms with E-state index in [1.165, 1.54) is 18.9 Å². The van der Waals surface area contributed by atoms with Crippen molar-refractivity contribution >= 4 is 0 Å². The van der Waals surface area contributed by atoms with Gasteiger partial charge in [0.1, 0.15) is 0 Å². The molecule has 0 N–H and O–H groups in total. The SMILES string of the molecule is CN1CC2CC1C1CC21. The molecule has 3 rings (SSSR count). The first-order valence-corrected chi connectivity index (χ1v) is 4.06. The lowest BCUT2D eigenvalue weighted by atomic mass is 10.1. The van der Waals surface area contributed by atoms with Gasteiger partial charge in [-0.15, -0.1) is 0 Å². The van der Waals surface area contributed by atoms with E-state index < -0.39 is 0 Å². The van der Waals surface area contributed by atoms with Gasteiger partial charge in [0.15, 0.2) is 0 Å². The van der Waals surface area contributed by atoms with Crippen LogP contribution in [0.1, 0.15) is 12.8 Å². The highest BCUT2D eigenvalue weighted by Gasteiger charge is 2.59. The van der Waals surface area contributed by atoms with Gasteiger partial charge in [0.05, 0.1) is 0 Å². The van der Waals surface area contributed by atoms with Gasteiger partial charge in [-0.2, -0.15) is 0 Å². The molecular weight excluding hydrogens is 110 g/mol. The Kier molecular flexibility index (Phi) is 0.628. The van der Waals surface area contributed by atoms with Crippen LogP contribution in [0.2, 0.25) is 0 Å². The second-order valence-corrected chi connectivity index (χ2v) is 4.07. The summed E-state index contributed by atoms with van der Waals surface area (Å²) in [6.45, 7) is 1.41. The molecule has 0 radical (unpaired) electrons. The van der Waals surface area contributed by atoms with Crippen molar-refractivity contribution < 1.29 is 0 Å². The van der Waals surface area contributed by atoms with E-state index in [9.17, 15) is 0 Å². The van der Waals surface area contributed by atoms with Gasteiger partial charge < -0.3 is 4.90 Å². The summed E-state index contributed by atoms with van der Waals surface area (Å²) in [5.41, 5.74) is 0. The monoisotopic (exact) mass is 123 g/mol. The molecular formula is C8H13N. The van der Waals surface area contributed by atoms with Crippen molar-refractivity contribution in [3.8, 4) is 0 Å². The third-order valence-electron chi connectivity index (χ3n) is 3.62. The Bertz CT molecular complexity index is 151.